The molecule has 1 aromatic carbocycles. The van der Waals surface area contributed by atoms with Crippen LogP contribution in [0.4, 0.5) is 0 Å². The third-order valence-corrected chi connectivity index (χ3v) is 4.76. The molecule has 1 aromatic rings. The lowest BCUT2D eigenvalue weighted by molar-refractivity contribution is 0.272. The first-order valence-electron chi connectivity index (χ1n) is 7.27. The van der Waals surface area contributed by atoms with Crippen molar-refractivity contribution >= 4 is 15.9 Å². The Kier molecular flexibility index (Phi) is 5.71. The average molecular weight is 326 g/mol. The number of benzene rings is 1. The molecule has 1 saturated heterocycles. The van der Waals surface area contributed by atoms with Crippen LogP contribution in [0.2, 0.25) is 0 Å². The van der Waals surface area contributed by atoms with Crippen molar-refractivity contribution in [1.82, 2.24) is 4.90 Å². The van der Waals surface area contributed by atoms with E-state index in [4.69, 9.17) is 4.74 Å². The number of halogens is 1. The van der Waals surface area contributed by atoms with Gasteiger partial charge in [-0.2, -0.15) is 0 Å². The van der Waals surface area contributed by atoms with Crippen LogP contribution >= 0.6 is 15.9 Å². The molecule has 3 heteroatoms. The molecule has 1 aliphatic rings. The smallest absolute Gasteiger partial charge is 0.133 e. The Balaban J connectivity index is 1.95. The number of rotatable bonds is 4. The van der Waals surface area contributed by atoms with Crippen LogP contribution < -0.4 is 4.74 Å². The summed E-state index contributed by atoms with van der Waals surface area (Å²) in [7, 11) is 1.71. The lowest BCUT2D eigenvalue weighted by atomic mass is 9.98. The largest absolute Gasteiger partial charge is 0.496 e. The summed E-state index contributed by atoms with van der Waals surface area (Å²) >= 11 is 3.56. The predicted molar refractivity (Wildman–Crippen MR) is 83.6 cm³/mol. The summed E-state index contributed by atoms with van der Waals surface area (Å²) in [6.45, 7) is 5.85. The standard InChI is InChI=1S/C16H24BrNO/c1-3-13-5-4-9-18(10-8-13)12-14-6-7-16(19-2)15(17)11-14/h6-7,11,13H,3-5,8-10,12H2,1-2H3. The van der Waals surface area contributed by atoms with E-state index in [0.29, 0.717) is 0 Å². The molecule has 0 aromatic heterocycles. The van der Waals surface area contributed by atoms with Gasteiger partial charge in [-0.25, -0.2) is 0 Å². The molecule has 0 bridgehead atoms. The second-order valence-electron chi connectivity index (χ2n) is 5.45. The first-order valence-corrected chi connectivity index (χ1v) is 8.07. The molecular formula is C16H24BrNO. The van der Waals surface area contributed by atoms with Crippen LogP contribution in [-0.2, 0) is 6.54 Å². The van der Waals surface area contributed by atoms with Gasteiger partial charge in [0.15, 0.2) is 0 Å². The maximum absolute atomic E-state index is 5.28. The van der Waals surface area contributed by atoms with Crippen molar-refractivity contribution < 1.29 is 4.74 Å². The van der Waals surface area contributed by atoms with E-state index in [0.717, 1.165) is 22.7 Å². The Hall–Kier alpha value is -0.540. The van der Waals surface area contributed by atoms with Gasteiger partial charge in [-0.05, 0) is 71.9 Å². The fourth-order valence-corrected chi connectivity index (χ4v) is 3.45. The summed E-state index contributed by atoms with van der Waals surface area (Å²) in [5.74, 6) is 1.85. The van der Waals surface area contributed by atoms with E-state index in [9.17, 15) is 0 Å². The highest BCUT2D eigenvalue weighted by molar-refractivity contribution is 9.10. The average Bonchev–Trinajstić information content (AvgIpc) is 2.64. The highest BCUT2D eigenvalue weighted by Gasteiger charge is 2.16. The minimum absolute atomic E-state index is 0.908. The highest BCUT2D eigenvalue weighted by atomic mass is 79.9. The first-order chi connectivity index (χ1) is 9.22. The fraction of sp³-hybridized carbons (Fsp3) is 0.625. The molecule has 0 N–H and O–H groups in total. The lowest BCUT2D eigenvalue weighted by Crippen LogP contribution is -2.24. The SMILES string of the molecule is CCC1CCCN(Cc2ccc(OC)c(Br)c2)CC1. The fourth-order valence-electron chi connectivity index (χ4n) is 2.86. The summed E-state index contributed by atoms with van der Waals surface area (Å²) < 4.78 is 6.33. The molecule has 1 aliphatic heterocycles. The van der Waals surface area contributed by atoms with Crippen molar-refractivity contribution in [3.05, 3.63) is 28.2 Å². The van der Waals surface area contributed by atoms with Gasteiger partial charge >= 0.3 is 0 Å². The Morgan fingerprint density at radius 1 is 1.32 bits per heavy atom. The highest BCUT2D eigenvalue weighted by Crippen LogP contribution is 2.27. The van der Waals surface area contributed by atoms with Crippen molar-refractivity contribution in [2.24, 2.45) is 5.92 Å². The molecule has 0 saturated carbocycles. The third kappa shape index (κ3) is 4.22. The topological polar surface area (TPSA) is 12.5 Å². The number of ether oxygens (including phenoxy) is 1. The van der Waals surface area contributed by atoms with Crippen molar-refractivity contribution in [3.63, 3.8) is 0 Å². The van der Waals surface area contributed by atoms with Gasteiger partial charge in [0.25, 0.3) is 0 Å². The molecule has 1 unspecified atom stereocenters. The maximum atomic E-state index is 5.28. The van der Waals surface area contributed by atoms with Gasteiger partial charge in [0.2, 0.25) is 0 Å². The summed E-state index contributed by atoms with van der Waals surface area (Å²) in [5.41, 5.74) is 1.36. The van der Waals surface area contributed by atoms with Crippen LogP contribution in [0, 0.1) is 5.92 Å². The van der Waals surface area contributed by atoms with Crippen molar-refractivity contribution in [2.75, 3.05) is 20.2 Å². The molecular weight excluding hydrogens is 302 g/mol. The molecule has 19 heavy (non-hydrogen) atoms. The normalized spacial score (nSPS) is 21.1. The van der Waals surface area contributed by atoms with Gasteiger partial charge < -0.3 is 4.74 Å². The molecule has 1 heterocycles. The Bertz CT molecular complexity index is 408. The summed E-state index contributed by atoms with van der Waals surface area (Å²) in [5, 5.41) is 0. The lowest BCUT2D eigenvalue weighted by Gasteiger charge is -2.20. The van der Waals surface area contributed by atoms with E-state index < -0.39 is 0 Å². The Labute approximate surface area is 125 Å². The van der Waals surface area contributed by atoms with Crippen molar-refractivity contribution in [2.45, 2.75) is 39.2 Å². The molecule has 1 fully saturated rings. The van der Waals surface area contributed by atoms with Crippen molar-refractivity contribution in [1.29, 1.82) is 0 Å². The van der Waals surface area contributed by atoms with E-state index in [1.54, 1.807) is 7.11 Å². The molecule has 106 valence electrons. The predicted octanol–water partition coefficient (Wildman–Crippen LogP) is 4.47. The second-order valence-corrected chi connectivity index (χ2v) is 6.30. The zero-order valence-corrected chi connectivity index (χ0v) is 13.6. The second kappa shape index (κ2) is 7.30. The molecule has 0 radical (unpaired) electrons. The van der Waals surface area contributed by atoms with Crippen LogP contribution in [-0.4, -0.2) is 25.1 Å². The number of methoxy groups -OCH3 is 1. The molecule has 0 spiro atoms. The Morgan fingerprint density at radius 2 is 2.16 bits per heavy atom. The van der Waals surface area contributed by atoms with E-state index in [2.05, 4.69) is 39.9 Å². The molecule has 2 rings (SSSR count). The van der Waals surface area contributed by atoms with Crippen molar-refractivity contribution in [3.8, 4) is 5.75 Å². The molecule has 1 atom stereocenters. The van der Waals surface area contributed by atoms with Gasteiger partial charge in [0, 0.05) is 6.54 Å². The number of likely N-dealkylation sites (tertiary alicyclic amines) is 1. The van der Waals surface area contributed by atoms with E-state index >= 15 is 0 Å². The van der Waals surface area contributed by atoms with Crippen LogP contribution in [0.5, 0.6) is 5.75 Å². The van der Waals surface area contributed by atoms with Crippen LogP contribution in [0.1, 0.15) is 38.2 Å². The molecule has 0 amide bonds. The summed E-state index contributed by atoms with van der Waals surface area (Å²) in [6, 6.07) is 6.40. The van der Waals surface area contributed by atoms with Crippen LogP contribution in [0.15, 0.2) is 22.7 Å². The van der Waals surface area contributed by atoms with Gasteiger partial charge in [-0.15, -0.1) is 0 Å². The maximum Gasteiger partial charge on any atom is 0.133 e. The summed E-state index contributed by atoms with van der Waals surface area (Å²) in [4.78, 5) is 2.59. The minimum atomic E-state index is 0.908. The monoisotopic (exact) mass is 325 g/mol. The minimum Gasteiger partial charge on any atom is -0.496 e. The quantitative estimate of drug-likeness (QED) is 0.809. The van der Waals surface area contributed by atoms with Gasteiger partial charge in [-0.3, -0.25) is 4.90 Å². The Morgan fingerprint density at radius 3 is 2.84 bits per heavy atom. The zero-order chi connectivity index (χ0) is 13.7. The summed E-state index contributed by atoms with van der Waals surface area (Å²) in [6.07, 6.45) is 5.44. The number of hydrogen-bond acceptors (Lipinski definition) is 2. The number of nitrogens with zero attached hydrogens (tertiary/aromatic N) is 1. The van der Waals surface area contributed by atoms with Gasteiger partial charge in [-0.1, -0.05) is 19.4 Å². The number of hydrogen-bond donors (Lipinski definition) is 0. The first kappa shape index (κ1) is 14.9. The molecule has 0 aliphatic carbocycles. The molecule has 2 nitrogen and oxygen atoms in total. The third-order valence-electron chi connectivity index (χ3n) is 4.14. The van der Waals surface area contributed by atoms with Crippen LogP contribution in [0.25, 0.3) is 0 Å². The van der Waals surface area contributed by atoms with E-state index in [1.165, 1.54) is 44.3 Å². The zero-order valence-electron chi connectivity index (χ0n) is 12.0. The van der Waals surface area contributed by atoms with Gasteiger partial charge in [0.05, 0.1) is 11.6 Å². The van der Waals surface area contributed by atoms with E-state index in [1.807, 2.05) is 6.07 Å². The van der Waals surface area contributed by atoms with Crippen LogP contribution in [0.3, 0.4) is 0 Å². The van der Waals surface area contributed by atoms with E-state index in [-0.39, 0.29) is 0 Å². The van der Waals surface area contributed by atoms with Gasteiger partial charge in [0.1, 0.15) is 5.75 Å².